The number of nitrogens with zero attached hydrogens (tertiary/aromatic N) is 1. The number of likely N-dealkylation sites (tertiary alicyclic amines) is 1. The molecule has 2 N–H and O–H groups in total. The Balaban J connectivity index is 1.56. The zero-order chi connectivity index (χ0) is 28.5. The number of hydrogen-bond acceptors (Lipinski definition) is 6. The average molecular weight is 585 g/mol. The van der Waals surface area contributed by atoms with Gasteiger partial charge in [-0.05, 0) is 79.0 Å². The topological polar surface area (TPSA) is 78.9 Å². The fourth-order valence-electron chi connectivity index (χ4n) is 6.02. The summed E-state index contributed by atoms with van der Waals surface area (Å²) >= 11 is 3.77. The molecule has 40 heavy (non-hydrogen) atoms. The van der Waals surface area contributed by atoms with E-state index in [4.69, 9.17) is 4.74 Å². The molecule has 3 atom stereocenters. The number of carboxylic acid groups (broad SMARTS) is 1. The number of benzene rings is 2. The lowest BCUT2D eigenvalue weighted by molar-refractivity contribution is -0.139. The van der Waals surface area contributed by atoms with E-state index in [-0.39, 0.29) is 5.91 Å². The first-order valence-corrected chi connectivity index (χ1v) is 16.8. The van der Waals surface area contributed by atoms with Crippen LogP contribution in [0.4, 0.5) is 0 Å². The summed E-state index contributed by atoms with van der Waals surface area (Å²) < 4.78 is 5.62. The Morgan fingerprint density at radius 1 is 1.10 bits per heavy atom. The van der Waals surface area contributed by atoms with Crippen LogP contribution in [0.1, 0.15) is 66.4 Å². The van der Waals surface area contributed by atoms with Crippen LogP contribution >= 0.6 is 23.5 Å². The first kappa shape index (κ1) is 30.9. The highest BCUT2D eigenvalue weighted by atomic mass is 32.2. The van der Waals surface area contributed by atoms with Crippen LogP contribution in [0.2, 0.25) is 0 Å². The van der Waals surface area contributed by atoms with Crippen LogP contribution in [0.3, 0.4) is 0 Å². The number of aryl methyl sites for hydroxylation is 1. The molecule has 218 valence electrons. The van der Waals surface area contributed by atoms with E-state index >= 15 is 0 Å². The monoisotopic (exact) mass is 584 g/mol. The number of thioether (sulfide) groups is 2. The molecular formula is C32H44N2O4S2. The van der Waals surface area contributed by atoms with E-state index < -0.39 is 12.0 Å². The third-order valence-corrected chi connectivity index (χ3v) is 10.4. The van der Waals surface area contributed by atoms with Crippen LogP contribution in [-0.2, 0) is 16.1 Å². The van der Waals surface area contributed by atoms with Crippen molar-refractivity contribution in [3.63, 3.8) is 0 Å². The minimum absolute atomic E-state index is 0.347. The van der Waals surface area contributed by atoms with Gasteiger partial charge in [0.15, 0.2) is 0 Å². The molecule has 1 aliphatic heterocycles. The van der Waals surface area contributed by atoms with E-state index in [0.717, 1.165) is 53.6 Å². The molecule has 0 radical (unpaired) electrons. The Hall–Kier alpha value is -2.00. The normalized spacial score (nSPS) is 20.9. The first-order chi connectivity index (χ1) is 19.4. The van der Waals surface area contributed by atoms with Crippen molar-refractivity contribution < 1.29 is 19.4 Å². The van der Waals surface area contributed by atoms with E-state index in [9.17, 15) is 14.7 Å². The second-order valence-corrected chi connectivity index (χ2v) is 13.7. The molecule has 2 aromatic rings. The molecule has 8 heteroatoms. The number of amides is 1. The Labute approximate surface area is 248 Å². The molecule has 1 saturated carbocycles. The van der Waals surface area contributed by atoms with Crippen LogP contribution in [0.25, 0.3) is 11.1 Å². The number of nitrogens with one attached hydrogen (secondary N) is 1. The number of rotatable bonds is 13. The Bertz CT molecular complexity index is 1140. The van der Waals surface area contributed by atoms with Crippen molar-refractivity contribution in [1.29, 1.82) is 0 Å². The van der Waals surface area contributed by atoms with Crippen molar-refractivity contribution in [2.45, 2.75) is 81.0 Å². The number of methoxy groups -OCH3 is 1. The van der Waals surface area contributed by atoms with Gasteiger partial charge in [0.2, 0.25) is 0 Å². The molecule has 1 saturated heterocycles. The van der Waals surface area contributed by atoms with Gasteiger partial charge < -0.3 is 15.2 Å². The Morgan fingerprint density at radius 2 is 1.88 bits per heavy atom. The van der Waals surface area contributed by atoms with Gasteiger partial charge in [-0.1, -0.05) is 49.6 Å². The van der Waals surface area contributed by atoms with Gasteiger partial charge in [0.1, 0.15) is 6.04 Å². The van der Waals surface area contributed by atoms with Crippen LogP contribution in [0.15, 0.2) is 42.5 Å². The lowest BCUT2D eigenvalue weighted by Crippen LogP contribution is -2.41. The minimum atomic E-state index is -1.00. The summed E-state index contributed by atoms with van der Waals surface area (Å²) in [6.45, 7) is 4.61. The summed E-state index contributed by atoms with van der Waals surface area (Å²) in [6, 6.07) is 13.5. The highest BCUT2D eigenvalue weighted by Gasteiger charge is 2.34. The predicted molar refractivity (Wildman–Crippen MR) is 167 cm³/mol. The second kappa shape index (κ2) is 15.3. The lowest BCUT2D eigenvalue weighted by Gasteiger charge is -2.25. The molecule has 2 aromatic carbocycles. The maximum Gasteiger partial charge on any atom is 0.326 e. The smallest absolute Gasteiger partial charge is 0.326 e. The van der Waals surface area contributed by atoms with Gasteiger partial charge in [-0.15, -0.1) is 0 Å². The number of ether oxygens (including phenoxy) is 1. The zero-order valence-corrected chi connectivity index (χ0v) is 25.7. The molecule has 1 heterocycles. The van der Waals surface area contributed by atoms with Crippen molar-refractivity contribution >= 4 is 35.4 Å². The Morgan fingerprint density at radius 3 is 2.58 bits per heavy atom. The van der Waals surface area contributed by atoms with E-state index in [1.165, 1.54) is 32.1 Å². The van der Waals surface area contributed by atoms with Crippen molar-refractivity contribution in [2.75, 3.05) is 32.3 Å². The zero-order valence-electron chi connectivity index (χ0n) is 24.1. The number of aliphatic carboxylic acids is 1. The molecule has 1 aliphatic carbocycles. The molecule has 4 rings (SSSR count). The second-order valence-electron chi connectivity index (χ2n) is 11.1. The largest absolute Gasteiger partial charge is 0.480 e. The van der Waals surface area contributed by atoms with Crippen molar-refractivity contribution in [3.05, 3.63) is 59.2 Å². The number of hydrogen-bond donors (Lipinski definition) is 2. The van der Waals surface area contributed by atoms with E-state index in [1.807, 2.05) is 49.6 Å². The Kier molecular flexibility index (Phi) is 11.8. The minimum Gasteiger partial charge on any atom is -0.480 e. The van der Waals surface area contributed by atoms with Gasteiger partial charge in [-0.3, -0.25) is 9.69 Å². The number of carbonyl (C=O) groups excluding carboxylic acids is 1. The van der Waals surface area contributed by atoms with E-state index in [0.29, 0.717) is 29.0 Å². The van der Waals surface area contributed by atoms with E-state index in [2.05, 4.69) is 28.0 Å². The molecule has 2 aliphatic rings. The molecule has 1 amide bonds. The SMILES string of the molecule is COC[C@@H]1CC(SC2CCCCC2)CN1Cc1ccc(C(=O)N[C@@H](CCSC)C(=O)O)c(-c2ccccc2C)c1. The summed E-state index contributed by atoms with van der Waals surface area (Å²) in [5.41, 5.74) is 4.57. The summed E-state index contributed by atoms with van der Waals surface area (Å²) in [5, 5.41) is 13.9. The van der Waals surface area contributed by atoms with Gasteiger partial charge in [-0.25, -0.2) is 4.79 Å². The highest BCUT2D eigenvalue weighted by molar-refractivity contribution is 8.00. The van der Waals surface area contributed by atoms with Crippen LogP contribution < -0.4 is 5.32 Å². The number of carboxylic acids is 1. The van der Waals surface area contributed by atoms with Crippen molar-refractivity contribution in [2.24, 2.45) is 0 Å². The standard InChI is InChI=1S/C32H44N2O4S2/c1-22-9-7-8-12-27(22)29-17-23(13-14-28(29)31(35)33-30(32(36)37)15-16-39-3)19-34-20-26(18-24(34)21-38-2)40-25-10-5-4-6-11-25/h7-9,12-14,17,24-26,30H,4-6,10-11,15-16,18-21H2,1-3H3,(H,33,35)(H,36,37)/t24-,26?,30-/m0/s1. The van der Waals surface area contributed by atoms with Gasteiger partial charge in [0.25, 0.3) is 5.91 Å². The van der Waals surface area contributed by atoms with Crippen LogP contribution in [-0.4, -0.2) is 76.7 Å². The first-order valence-electron chi connectivity index (χ1n) is 14.5. The third-order valence-electron chi connectivity index (χ3n) is 8.15. The molecule has 6 nitrogen and oxygen atoms in total. The maximum absolute atomic E-state index is 13.4. The quantitative estimate of drug-likeness (QED) is 0.288. The molecule has 0 aromatic heterocycles. The van der Waals surface area contributed by atoms with E-state index in [1.54, 1.807) is 18.9 Å². The van der Waals surface area contributed by atoms with Gasteiger partial charge >= 0.3 is 5.97 Å². The van der Waals surface area contributed by atoms with Crippen molar-refractivity contribution in [1.82, 2.24) is 10.2 Å². The molecule has 2 fully saturated rings. The summed E-state index contributed by atoms with van der Waals surface area (Å²) in [6.07, 6.45) is 10.3. The summed E-state index contributed by atoms with van der Waals surface area (Å²) in [5.74, 6) is -0.685. The van der Waals surface area contributed by atoms with Gasteiger partial charge in [0, 0.05) is 42.3 Å². The summed E-state index contributed by atoms with van der Waals surface area (Å²) in [7, 11) is 1.78. The highest BCUT2D eigenvalue weighted by Crippen LogP contribution is 2.37. The molecule has 0 spiro atoms. The summed E-state index contributed by atoms with van der Waals surface area (Å²) in [4.78, 5) is 27.8. The lowest BCUT2D eigenvalue weighted by atomic mass is 9.93. The van der Waals surface area contributed by atoms with Crippen LogP contribution in [0, 0.1) is 6.92 Å². The average Bonchev–Trinajstić information content (AvgIpc) is 3.31. The van der Waals surface area contributed by atoms with Crippen LogP contribution in [0.5, 0.6) is 0 Å². The molecule has 1 unspecified atom stereocenters. The third kappa shape index (κ3) is 8.28. The van der Waals surface area contributed by atoms with Gasteiger partial charge in [-0.2, -0.15) is 23.5 Å². The predicted octanol–water partition coefficient (Wildman–Crippen LogP) is 6.25. The fourth-order valence-corrected chi connectivity index (χ4v) is 8.25. The fraction of sp³-hybridized carbons (Fsp3) is 0.562. The number of carbonyl (C=O) groups is 2. The maximum atomic E-state index is 13.4. The van der Waals surface area contributed by atoms with Gasteiger partial charge in [0.05, 0.1) is 6.61 Å². The van der Waals surface area contributed by atoms with Crippen molar-refractivity contribution in [3.8, 4) is 11.1 Å². The molecular weight excluding hydrogens is 540 g/mol. The molecule has 0 bridgehead atoms.